The molecular formula is C35H42N2O3. The summed E-state index contributed by atoms with van der Waals surface area (Å²) >= 11 is 0. The Kier molecular flexibility index (Phi) is 6.84. The molecule has 1 spiro atoms. The molecular weight excluding hydrogens is 496 g/mol. The quantitative estimate of drug-likeness (QED) is 0.384. The number of fused-ring (bicyclic) bond motifs is 2. The summed E-state index contributed by atoms with van der Waals surface area (Å²) in [6.45, 7) is 15.4. The molecule has 5 rings (SSSR count). The largest absolute Gasteiger partial charge is 0.507 e. The van der Waals surface area contributed by atoms with Crippen molar-refractivity contribution in [1.82, 2.24) is 4.90 Å². The molecule has 0 saturated carbocycles. The van der Waals surface area contributed by atoms with E-state index in [0.717, 1.165) is 33.5 Å². The van der Waals surface area contributed by atoms with Crippen molar-refractivity contribution in [1.29, 1.82) is 0 Å². The number of carbonyl (C=O) groups is 2. The number of hydrogen-bond donors (Lipinski definition) is 1. The Bertz CT molecular complexity index is 1410. The molecule has 2 aliphatic heterocycles. The standard InChI is InChI=1S/C35H42N2O3/c1-8-29(38)36-19-18-35(31(36)24-20-26(33(2,3)4)30(39)27(21-24)34(5,6)7)25-16-12-13-17-28(25)37(32(35)40)22-23-14-10-9-11-15-23/h9-17,20-21,31,39H,8,18-19,22H2,1-7H3/t31-,35+/m1/s1. The van der Waals surface area contributed by atoms with Gasteiger partial charge in [-0.3, -0.25) is 9.59 Å². The first-order chi connectivity index (χ1) is 18.8. The first kappa shape index (κ1) is 27.9. The van der Waals surface area contributed by atoms with Crippen LogP contribution in [0.25, 0.3) is 0 Å². The highest BCUT2D eigenvalue weighted by molar-refractivity contribution is 6.09. The average molecular weight is 539 g/mol. The molecule has 5 heteroatoms. The highest BCUT2D eigenvalue weighted by atomic mass is 16.3. The molecule has 0 radical (unpaired) electrons. The fourth-order valence-corrected chi connectivity index (χ4v) is 6.70. The average Bonchev–Trinajstić information content (AvgIpc) is 3.41. The molecule has 2 atom stereocenters. The summed E-state index contributed by atoms with van der Waals surface area (Å²) < 4.78 is 0. The van der Waals surface area contributed by atoms with Gasteiger partial charge < -0.3 is 14.9 Å². The summed E-state index contributed by atoms with van der Waals surface area (Å²) in [5, 5.41) is 11.5. The van der Waals surface area contributed by atoms with E-state index < -0.39 is 11.5 Å². The van der Waals surface area contributed by atoms with Crippen LogP contribution in [0.15, 0.2) is 66.7 Å². The molecule has 1 fully saturated rings. The van der Waals surface area contributed by atoms with Crippen LogP contribution < -0.4 is 4.90 Å². The van der Waals surface area contributed by atoms with E-state index >= 15 is 0 Å². The van der Waals surface area contributed by atoms with E-state index in [2.05, 4.69) is 47.6 Å². The Balaban J connectivity index is 1.76. The molecule has 210 valence electrons. The lowest BCUT2D eigenvalue weighted by atomic mass is 9.70. The summed E-state index contributed by atoms with van der Waals surface area (Å²) in [7, 11) is 0. The topological polar surface area (TPSA) is 60.9 Å². The molecule has 5 nitrogen and oxygen atoms in total. The summed E-state index contributed by atoms with van der Waals surface area (Å²) in [6.07, 6.45) is 0.924. The maximum atomic E-state index is 14.8. The van der Waals surface area contributed by atoms with Crippen LogP contribution in [0, 0.1) is 0 Å². The van der Waals surface area contributed by atoms with Crippen molar-refractivity contribution >= 4 is 17.5 Å². The third-order valence-corrected chi connectivity index (χ3v) is 8.70. The fraction of sp³-hybridized carbons (Fsp3) is 0.429. The summed E-state index contributed by atoms with van der Waals surface area (Å²) in [5.41, 5.74) is 3.97. The number of phenolic OH excluding ortho intramolecular Hbond substituents is 1. The van der Waals surface area contributed by atoms with Gasteiger partial charge in [0, 0.05) is 18.7 Å². The van der Waals surface area contributed by atoms with Crippen molar-refractivity contribution in [3.05, 3.63) is 94.5 Å². The zero-order valence-electron chi connectivity index (χ0n) is 24.9. The predicted octanol–water partition coefficient (Wildman–Crippen LogP) is 7.16. The Morgan fingerprint density at radius 3 is 2.08 bits per heavy atom. The number of benzene rings is 3. The molecule has 3 aromatic rings. The number of nitrogens with zero attached hydrogens (tertiary/aromatic N) is 2. The molecule has 0 unspecified atom stereocenters. The number of likely N-dealkylation sites (tertiary alicyclic amines) is 1. The van der Waals surface area contributed by atoms with Gasteiger partial charge in [0.05, 0.1) is 12.6 Å². The van der Waals surface area contributed by atoms with Gasteiger partial charge in [0.1, 0.15) is 11.2 Å². The van der Waals surface area contributed by atoms with Crippen LogP contribution in [0.3, 0.4) is 0 Å². The SMILES string of the molecule is CCC(=O)N1CC[C@@]2(C(=O)N(Cc3ccccc3)c3ccccc32)[C@H]1c1cc(C(C)(C)C)c(O)c(C(C)(C)C)c1. The van der Waals surface area contributed by atoms with E-state index in [4.69, 9.17) is 0 Å². The third-order valence-electron chi connectivity index (χ3n) is 8.70. The third kappa shape index (κ3) is 4.40. The van der Waals surface area contributed by atoms with Gasteiger partial charge in [0.2, 0.25) is 11.8 Å². The zero-order valence-corrected chi connectivity index (χ0v) is 24.9. The van der Waals surface area contributed by atoms with E-state index in [-0.39, 0.29) is 22.6 Å². The highest BCUT2D eigenvalue weighted by Gasteiger charge is 2.61. The van der Waals surface area contributed by atoms with Crippen molar-refractivity contribution in [2.75, 3.05) is 11.4 Å². The van der Waals surface area contributed by atoms with E-state index in [0.29, 0.717) is 31.7 Å². The van der Waals surface area contributed by atoms with E-state index in [1.165, 1.54) is 0 Å². The van der Waals surface area contributed by atoms with Crippen LogP contribution in [0.5, 0.6) is 5.75 Å². The molecule has 1 N–H and O–H groups in total. The number of para-hydroxylation sites is 1. The van der Waals surface area contributed by atoms with Crippen molar-refractivity contribution in [3.63, 3.8) is 0 Å². The van der Waals surface area contributed by atoms with Gasteiger partial charge in [-0.05, 0) is 63.3 Å². The smallest absolute Gasteiger partial charge is 0.240 e. The number of carbonyl (C=O) groups excluding carboxylic acids is 2. The summed E-state index contributed by atoms with van der Waals surface area (Å²) in [6, 6.07) is 21.8. The zero-order chi connectivity index (χ0) is 29.0. The van der Waals surface area contributed by atoms with Gasteiger partial charge in [-0.25, -0.2) is 0 Å². The number of amides is 2. The first-order valence-corrected chi connectivity index (χ1v) is 14.4. The Hall–Kier alpha value is -3.60. The minimum absolute atomic E-state index is 0.0383. The maximum absolute atomic E-state index is 14.8. The van der Waals surface area contributed by atoms with E-state index in [1.807, 2.05) is 77.4 Å². The van der Waals surface area contributed by atoms with Crippen LogP contribution >= 0.6 is 0 Å². The lowest BCUT2D eigenvalue weighted by molar-refractivity contribution is -0.133. The molecule has 40 heavy (non-hydrogen) atoms. The van der Waals surface area contributed by atoms with Crippen LogP contribution in [0.4, 0.5) is 5.69 Å². The second-order valence-corrected chi connectivity index (χ2v) is 13.4. The fourth-order valence-electron chi connectivity index (χ4n) is 6.70. The number of phenols is 1. The van der Waals surface area contributed by atoms with Gasteiger partial charge in [-0.1, -0.05) is 97.0 Å². The molecule has 0 aromatic heterocycles. The summed E-state index contributed by atoms with van der Waals surface area (Å²) in [4.78, 5) is 32.1. The monoisotopic (exact) mass is 538 g/mol. The van der Waals surface area contributed by atoms with Crippen molar-refractivity contribution in [2.45, 2.75) is 90.1 Å². The van der Waals surface area contributed by atoms with Crippen molar-refractivity contribution < 1.29 is 14.7 Å². The predicted molar refractivity (Wildman–Crippen MR) is 161 cm³/mol. The minimum atomic E-state index is -0.905. The first-order valence-electron chi connectivity index (χ1n) is 14.4. The van der Waals surface area contributed by atoms with Crippen LogP contribution in [-0.2, 0) is 32.4 Å². The molecule has 0 aliphatic carbocycles. The van der Waals surface area contributed by atoms with Crippen LogP contribution in [0.2, 0.25) is 0 Å². The van der Waals surface area contributed by atoms with Gasteiger partial charge in [0.25, 0.3) is 0 Å². The second kappa shape index (κ2) is 9.79. The van der Waals surface area contributed by atoms with E-state index in [1.54, 1.807) is 0 Å². The Morgan fingerprint density at radius 1 is 0.925 bits per heavy atom. The maximum Gasteiger partial charge on any atom is 0.240 e. The molecule has 3 aromatic carbocycles. The molecule has 0 bridgehead atoms. The second-order valence-electron chi connectivity index (χ2n) is 13.4. The van der Waals surface area contributed by atoms with Gasteiger partial charge in [-0.2, -0.15) is 0 Å². The normalized spacial score (nSPS) is 20.9. The molecule has 1 saturated heterocycles. The lowest BCUT2D eigenvalue weighted by Gasteiger charge is -2.37. The molecule has 2 heterocycles. The van der Waals surface area contributed by atoms with Gasteiger partial charge >= 0.3 is 0 Å². The number of aromatic hydroxyl groups is 1. The molecule has 2 aliphatic rings. The van der Waals surface area contributed by atoms with Crippen molar-refractivity contribution in [2.24, 2.45) is 0 Å². The molecule has 2 amide bonds. The van der Waals surface area contributed by atoms with Crippen LogP contribution in [0.1, 0.15) is 95.2 Å². The number of anilines is 1. The number of hydrogen-bond acceptors (Lipinski definition) is 3. The highest BCUT2D eigenvalue weighted by Crippen LogP contribution is 2.58. The minimum Gasteiger partial charge on any atom is -0.507 e. The van der Waals surface area contributed by atoms with Crippen molar-refractivity contribution in [3.8, 4) is 5.75 Å². The van der Waals surface area contributed by atoms with E-state index in [9.17, 15) is 14.7 Å². The lowest BCUT2D eigenvalue weighted by Crippen LogP contribution is -2.45. The van der Waals surface area contributed by atoms with Crippen LogP contribution in [-0.4, -0.2) is 28.4 Å². The van der Waals surface area contributed by atoms with Gasteiger partial charge in [0.15, 0.2) is 0 Å². The Labute approximate surface area is 238 Å². The Morgan fingerprint density at radius 2 is 1.50 bits per heavy atom. The number of rotatable bonds is 4. The summed E-state index contributed by atoms with van der Waals surface area (Å²) in [5.74, 6) is 0.376. The van der Waals surface area contributed by atoms with Gasteiger partial charge in [-0.15, -0.1) is 0 Å².